The van der Waals surface area contributed by atoms with Gasteiger partial charge in [0.25, 0.3) is 0 Å². The fourth-order valence-electron chi connectivity index (χ4n) is 4.06. The highest BCUT2D eigenvalue weighted by atomic mass is 19.4. The number of carbonyl (C=O) groups excluding carboxylic acids is 1. The average molecular weight is 455 g/mol. The van der Waals surface area contributed by atoms with Gasteiger partial charge in [-0.1, -0.05) is 0 Å². The van der Waals surface area contributed by atoms with Crippen molar-refractivity contribution in [1.29, 1.82) is 0 Å². The standard InChI is InChI=1S/C22H22F5N3O2/c23-15-3-5-18(14-2-6-19(31)29-20(14)15)32-12-21(28)7-9-30(10-8-21)17-4-1-13(11-16(17)24)22(25,26)27/h1,3-5,11H,2,6-10,12,28H2,(H,29,31). The average Bonchev–Trinajstić information content (AvgIpc) is 2.74. The maximum absolute atomic E-state index is 14.3. The first-order chi connectivity index (χ1) is 15.1. The number of rotatable bonds is 4. The predicted molar refractivity (Wildman–Crippen MR) is 109 cm³/mol. The number of hydrogen-bond acceptors (Lipinski definition) is 4. The number of carbonyl (C=O) groups is 1. The second kappa shape index (κ2) is 8.23. The largest absolute Gasteiger partial charge is 0.491 e. The molecule has 0 unspecified atom stereocenters. The van der Waals surface area contributed by atoms with Gasteiger partial charge >= 0.3 is 6.18 Å². The van der Waals surface area contributed by atoms with Crippen molar-refractivity contribution in [2.45, 2.75) is 37.4 Å². The fourth-order valence-corrected chi connectivity index (χ4v) is 4.06. The van der Waals surface area contributed by atoms with Crippen LogP contribution in [0.25, 0.3) is 0 Å². The molecule has 172 valence electrons. The molecular weight excluding hydrogens is 433 g/mol. The molecule has 1 fully saturated rings. The molecule has 0 aromatic heterocycles. The number of anilines is 2. The Bertz CT molecular complexity index is 1030. The Morgan fingerprint density at radius 2 is 1.78 bits per heavy atom. The Balaban J connectivity index is 1.40. The number of nitrogens with one attached hydrogen (secondary N) is 1. The van der Waals surface area contributed by atoms with E-state index in [0.717, 1.165) is 12.1 Å². The van der Waals surface area contributed by atoms with Crippen LogP contribution in [0.1, 0.15) is 30.4 Å². The third-order valence-electron chi connectivity index (χ3n) is 5.98. The first-order valence-corrected chi connectivity index (χ1v) is 10.2. The number of piperidine rings is 1. The van der Waals surface area contributed by atoms with Crippen molar-refractivity contribution in [1.82, 2.24) is 0 Å². The molecule has 0 saturated carbocycles. The van der Waals surface area contributed by atoms with Crippen LogP contribution in [-0.4, -0.2) is 31.1 Å². The Labute approximate surface area is 181 Å². The van der Waals surface area contributed by atoms with Gasteiger partial charge in [-0.25, -0.2) is 8.78 Å². The number of alkyl halides is 3. The van der Waals surface area contributed by atoms with E-state index in [0.29, 0.717) is 49.7 Å². The van der Waals surface area contributed by atoms with Crippen molar-refractivity contribution in [2.24, 2.45) is 5.73 Å². The first kappa shape index (κ1) is 22.3. The summed E-state index contributed by atoms with van der Waals surface area (Å²) >= 11 is 0. The van der Waals surface area contributed by atoms with Crippen LogP contribution >= 0.6 is 0 Å². The number of nitrogens with zero attached hydrogens (tertiary/aromatic N) is 1. The normalized spacial score (nSPS) is 18.2. The molecule has 0 atom stereocenters. The smallest absolute Gasteiger partial charge is 0.416 e. The molecule has 3 N–H and O–H groups in total. The van der Waals surface area contributed by atoms with Gasteiger partial charge in [0.15, 0.2) is 0 Å². The highest BCUT2D eigenvalue weighted by Crippen LogP contribution is 2.36. The van der Waals surface area contributed by atoms with Gasteiger partial charge in [0.05, 0.1) is 22.5 Å². The number of halogens is 5. The third kappa shape index (κ3) is 4.50. The maximum Gasteiger partial charge on any atom is 0.416 e. The SMILES string of the molecule is NC1(COc2ccc(F)c3c2CCC(=O)N3)CCN(c2ccc(C(F)(F)F)cc2F)CC1. The van der Waals surface area contributed by atoms with Crippen molar-refractivity contribution in [2.75, 3.05) is 29.9 Å². The van der Waals surface area contributed by atoms with Gasteiger partial charge in [0, 0.05) is 25.1 Å². The molecule has 0 aliphatic carbocycles. The zero-order chi connectivity index (χ0) is 23.1. The summed E-state index contributed by atoms with van der Waals surface area (Å²) in [6.45, 7) is 0.821. The molecule has 4 rings (SSSR count). The van der Waals surface area contributed by atoms with Gasteiger partial charge < -0.3 is 20.7 Å². The summed E-state index contributed by atoms with van der Waals surface area (Å²) in [6.07, 6.45) is -3.17. The van der Waals surface area contributed by atoms with Gasteiger partial charge in [-0.3, -0.25) is 4.79 Å². The molecule has 1 amide bonds. The van der Waals surface area contributed by atoms with E-state index in [1.807, 2.05) is 0 Å². The molecule has 2 aromatic rings. The van der Waals surface area contributed by atoms with E-state index >= 15 is 0 Å². The number of amides is 1. The van der Waals surface area contributed by atoms with Crippen molar-refractivity contribution in [3.8, 4) is 5.75 Å². The molecule has 5 nitrogen and oxygen atoms in total. The van der Waals surface area contributed by atoms with Crippen molar-refractivity contribution >= 4 is 17.3 Å². The van der Waals surface area contributed by atoms with Gasteiger partial charge in [0.1, 0.15) is 24.0 Å². The van der Waals surface area contributed by atoms with E-state index in [1.54, 1.807) is 4.90 Å². The molecule has 2 aliphatic rings. The van der Waals surface area contributed by atoms with Crippen LogP contribution < -0.4 is 20.7 Å². The minimum Gasteiger partial charge on any atom is -0.491 e. The molecule has 2 heterocycles. The molecule has 0 bridgehead atoms. The first-order valence-electron chi connectivity index (χ1n) is 10.2. The Morgan fingerprint density at radius 1 is 1.06 bits per heavy atom. The van der Waals surface area contributed by atoms with Crippen molar-refractivity contribution in [3.63, 3.8) is 0 Å². The molecule has 32 heavy (non-hydrogen) atoms. The number of nitrogens with two attached hydrogens (primary N) is 1. The van der Waals surface area contributed by atoms with E-state index < -0.39 is 28.9 Å². The van der Waals surface area contributed by atoms with Gasteiger partial charge in [-0.15, -0.1) is 0 Å². The van der Waals surface area contributed by atoms with Crippen LogP contribution in [0.15, 0.2) is 30.3 Å². The highest BCUT2D eigenvalue weighted by Gasteiger charge is 2.35. The van der Waals surface area contributed by atoms with E-state index in [-0.39, 0.29) is 30.3 Å². The summed E-state index contributed by atoms with van der Waals surface area (Å²) in [5.74, 6) is -1.27. The summed E-state index contributed by atoms with van der Waals surface area (Å²) in [5, 5.41) is 2.52. The molecule has 2 aliphatic heterocycles. The Hall–Kier alpha value is -2.88. The van der Waals surface area contributed by atoms with Crippen LogP contribution in [0.3, 0.4) is 0 Å². The third-order valence-corrected chi connectivity index (χ3v) is 5.98. The van der Waals surface area contributed by atoms with Crippen LogP contribution in [0.5, 0.6) is 5.75 Å². The molecule has 1 saturated heterocycles. The van der Waals surface area contributed by atoms with Crippen molar-refractivity contribution < 1.29 is 31.5 Å². The lowest BCUT2D eigenvalue weighted by molar-refractivity contribution is -0.137. The Morgan fingerprint density at radius 3 is 2.44 bits per heavy atom. The minimum atomic E-state index is -4.60. The minimum absolute atomic E-state index is 0.101. The van der Waals surface area contributed by atoms with Crippen LogP contribution in [0.4, 0.5) is 33.3 Å². The summed E-state index contributed by atoms with van der Waals surface area (Å²) in [4.78, 5) is 13.2. The van der Waals surface area contributed by atoms with E-state index in [1.165, 1.54) is 12.1 Å². The number of hydrogen-bond donors (Lipinski definition) is 2. The lowest BCUT2D eigenvalue weighted by Crippen LogP contribution is -2.54. The second-order valence-corrected chi connectivity index (χ2v) is 8.25. The zero-order valence-corrected chi connectivity index (χ0v) is 17.1. The van der Waals surface area contributed by atoms with Crippen LogP contribution in [0.2, 0.25) is 0 Å². The summed E-state index contributed by atoms with van der Waals surface area (Å²) in [6, 6.07) is 5.22. The topological polar surface area (TPSA) is 67.6 Å². The molecule has 2 aromatic carbocycles. The summed E-state index contributed by atoms with van der Waals surface area (Å²) in [5.41, 5.74) is 5.49. The van der Waals surface area contributed by atoms with E-state index in [9.17, 15) is 26.7 Å². The van der Waals surface area contributed by atoms with Gasteiger partial charge in [-0.2, -0.15) is 13.2 Å². The zero-order valence-electron chi connectivity index (χ0n) is 17.1. The predicted octanol–water partition coefficient (Wildman–Crippen LogP) is 4.25. The molecule has 0 radical (unpaired) electrons. The summed E-state index contributed by atoms with van der Waals surface area (Å²) < 4.78 is 72.5. The van der Waals surface area contributed by atoms with Gasteiger partial charge in [0.2, 0.25) is 5.91 Å². The molecular formula is C22H22F5N3O2. The highest BCUT2D eigenvalue weighted by molar-refractivity contribution is 5.94. The van der Waals surface area contributed by atoms with E-state index in [2.05, 4.69) is 5.32 Å². The van der Waals surface area contributed by atoms with Gasteiger partial charge in [-0.05, 0) is 49.6 Å². The maximum atomic E-state index is 14.3. The van der Waals surface area contributed by atoms with Crippen molar-refractivity contribution in [3.05, 3.63) is 53.1 Å². The Kier molecular flexibility index (Phi) is 5.74. The number of ether oxygens (including phenoxy) is 1. The second-order valence-electron chi connectivity index (χ2n) is 8.25. The summed E-state index contributed by atoms with van der Waals surface area (Å²) in [7, 11) is 0. The lowest BCUT2D eigenvalue weighted by atomic mass is 9.89. The number of benzene rings is 2. The molecule has 10 heteroatoms. The number of fused-ring (bicyclic) bond motifs is 1. The van der Waals surface area contributed by atoms with Crippen LogP contribution in [0, 0.1) is 11.6 Å². The van der Waals surface area contributed by atoms with E-state index in [4.69, 9.17) is 10.5 Å². The fraction of sp³-hybridized carbons (Fsp3) is 0.409. The monoisotopic (exact) mass is 455 g/mol. The quantitative estimate of drug-likeness (QED) is 0.677. The molecule has 0 spiro atoms. The lowest BCUT2D eigenvalue weighted by Gasteiger charge is -2.40. The van der Waals surface area contributed by atoms with Crippen LogP contribution in [-0.2, 0) is 17.4 Å².